The van der Waals surface area contributed by atoms with Gasteiger partial charge in [-0.05, 0) is 30.4 Å². The van der Waals surface area contributed by atoms with E-state index in [1.54, 1.807) is 0 Å². The monoisotopic (exact) mass is 254 g/mol. The van der Waals surface area contributed by atoms with Crippen molar-refractivity contribution in [2.24, 2.45) is 5.73 Å². The highest BCUT2D eigenvalue weighted by molar-refractivity contribution is 5.35. The lowest BCUT2D eigenvalue weighted by molar-refractivity contribution is 0.434. The van der Waals surface area contributed by atoms with Crippen LogP contribution in [0.25, 0.3) is 0 Å². The molecule has 0 saturated heterocycles. The minimum Gasteiger partial charge on any atom is -0.326 e. The number of fused-ring (bicyclic) bond motifs is 2. The summed E-state index contributed by atoms with van der Waals surface area (Å²) in [4.78, 5) is 0. The number of rotatable bonds is 1. The fourth-order valence-corrected chi connectivity index (χ4v) is 3.42. The van der Waals surface area contributed by atoms with Gasteiger partial charge in [-0.25, -0.2) is 0 Å². The van der Waals surface area contributed by atoms with Crippen molar-refractivity contribution in [2.75, 3.05) is 0 Å². The molecule has 0 saturated carbocycles. The van der Waals surface area contributed by atoms with E-state index in [4.69, 9.17) is 5.73 Å². The molecule has 1 aromatic carbocycles. The van der Waals surface area contributed by atoms with E-state index < -0.39 is 0 Å². The summed E-state index contributed by atoms with van der Waals surface area (Å²) in [6, 6.07) is 8.96. The Morgan fingerprint density at radius 2 is 1.84 bits per heavy atom. The van der Waals surface area contributed by atoms with Gasteiger partial charge in [0.25, 0.3) is 0 Å². The van der Waals surface area contributed by atoms with Crippen molar-refractivity contribution in [3.8, 4) is 0 Å². The Hall–Kier alpha value is -1.68. The maximum Gasteiger partial charge on any atom is 0.136 e. The molecule has 2 heterocycles. The van der Waals surface area contributed by atoms with Crippen LogP contribution in [0.5, 0.6) is 0 Å². The van der Waals surface area contributed by atoms with Gasteiger partial charge in [-0.1, -0.05) is 24.3 Å². The highest BCUT2D eigenvalue weighted by atomic mass is 15.3. The summed E-state index contributed by atoms with van der Waals surface area (Å²) in [6.45, 7) is 0.879. The minimum absolute atomic E-state index is 0.256. The van der Waals surface area contributed by atoms with E-state index in [9.17, 15) is 0 Å². The van der Waals surface area contributed by atoms with Crippen molar-refractivity contribution in [3.05, 3.63) is 47.0 Å². The Morgan fingerprint density at radius 1 is 1.11 bits per heavy atom. The van der Waals surface area contributed by atoms with Crippen molar-refractivity contribution < 1.29 is 0 Å². The summed E-state index contributed by atoms with van der Waals surface area (Å²) >= 11 is 0. The fourth-order valence-electron chi connectivity index (χ4n) is 3.42. The summed E-state index contributed by atoms with van der Waals surface area (Å²) in [5.41, 5.74) is 9.01. The third-order valence-electron chi connectivity index (χ3n) is 4.43. The van der Waals surface area contributed by atoms with Gasteiger partial charge in [-0.3, -0.25) is 0 Å². The molecule has 0 amide bonds. The first-order valence-electron chi connectivity index (χ1n) is 7.05. The summed E-state index contributed by atoms with van der Waals surface area (Å²) in [6.07, 6.45) is 4.17. The van der Waals surface area contributed by atoms with Gasteiger partial charge in [0.15, 0.2) is 0 Å². The van der Waals surface area contributed by atoms with Crippen LogP contribution < -0.4 is 5.73 Å². The molecule has 1 unspecified atom stereocenters. The first kappa shape index (κ1) is 11.2. The van der Waals surface area contributed by atoms with Crippen molar-refractivity contribution in [2.45, 2.75) is 44.2 Å². The molecule has 19 heavy (non-hydrogen) atoms. The second-order valence-electron chi connectivity index (χ2n) is 5.76. The molecule has 1 aromatic heterocycles. The maximum absolute atomic E-state index is 6.08. The molecule has 4 rings (SSSR count). The number of nitrogens with two attached hydrogens (primary N) is 1. The maximum atomic E-state index is 6.08. The van der Waals surface area contributed by atoms with Crippen molar-refractivity contribution in [3.63, 3.8) is 0 Å². The normalized spacial score (nSPS) is 22.3. The molecule has 0 fully saturated rings. The molecule has 2 aliphatic rings. The van der Waals surface area contributed by atoms with Crippen LogP contribution in [0.2, 0.25) is 0 Å². The molecule has 98 valence electrons. The van der Waals surface area contributed by atoms with Gasteiger partial charge in [0.2, 0.25) is 0 Å². The third-order valence-corrected chi connectivity index (χ3v) is 4.43. The van der Waals surface area contributed by atoms with Gasteiger partial charge in [-0.2, -0.15) is 0 Å². The SMILES string of the molecule is NC1CCc2nnc(C3Cc4ccccc4C3)n2C1. The van der Waals surface area contributed by atoms with Crippen LogP contribution in [-0.2, 0) is 25.8 Å². The average Bonchev–Trinajstić information content (AvgIpc) is 3.00. The summed E-state index contributed by atoms with van der Waals surface area (Å²) in [7, 11) is 0. The quantitative estimate of drug-likeness (QED) is 0.837. The van der Waals surface area contributed by atoms with Crippen molar-refractivity contribution >= 4 is 0 Å². The Bertz CT molecular complexity index is 591. The Kier molecular flexibility index (Phi) is 2.45. The van der Waals surface area contributed by atoms with Gasteiger partial charge in [0.05, 0.1) is 0 Å². The highest BCUT2D eigenvalue weighted by Crippen LogP contribution is 2.33. The molecule has 0 radical (unpaired) electrons. The molecule has 1 aliphatic carbocycles. The molecular weight excluding hydrogens is 236 g/mol. The van der Waals surface area contributed by atoms with E-state index in [1.807, 2.05) is 0 Å². The van der Waals surface area contributed by atoms with Crippen molar-refractivity contribution in [1.29, 1.82) is 0 Å². The fraction of sp³-hybridized carbons (Fsp3) is 0.467. The van der Waals surface area contributed by atoms with Crippen LogP contribution in [0.4, 0.5) is 0 Å². The second-order valence-corrected chi connectivity index (χ2v) is 5.76. The van der Waals surface area contributed by atoms with E-state index in [-0.39, 0.29) is 6.04 Å². The van der Waals surface area contributed by atoms with Gasteiger partial charge < -0.3 is 10.3 Å². The number of hydrogen-bond donors (Lipinski definition) is 1. The third kappa shape index (κ3) is 1.78. The zero-order valence-corrected chi connectivity index (χ0v) is 10.9. The van der Waals surface area contributed by atoms with Crippen LogP contribution in [0, 0.1) is 0 Å². The van der Waals surface area contributed by atoms with Crippen LogP contribution in [0.3, 0.4) is 0 Å². The number of hydrogen-bond acceptors (Lipinski definition) is 3. The van der Waals surface area contributed by atoms with Gasteiger partial charge in [-0.15, -0.1) is 10.2 Å². The molecule has 1 aliphatic heterocycles. The first-order chi connectivity index (χ1) is 9.31. The van der Waals surface area contributed by atoms with Crippen molar-refractivity contribution in [1.82, 2.24) is 14.8 Å². The van der Waals surface area contributed by atoms with Gasteiger partial charge in [0, 0.05) is 24.9 Å². The molecule has 1 atom stereocenters. The Morgan fingerprint density at radius 3 is 2.58 bits per heavy atom. The summed E-state index contributed by atoms with van der Waals surface area (Å²) in [5.74, 6) is 2.73. The predicted octanol–water partition coefficient (Wildman–Crippen LogP) is 1.43. The molecule has 2 N–H and O–H groups in total. The molecule has 4 heteroatoms. The molecule has 0 spiro atoms. The standard InChI is InChI=1S/C15H18N4/c16-13-5-6-14-17-18-15(19(14)9-13)12-7-10-3-1-2-4-11(10)8-12/h1-4,12-13H,5-9,16H2. The molecule has 0 bridgehead atoms. The highest BCUT2D eigenvalue weighted by Gasteiger charge is 2.29. The van der Waals surface area contributed by atoms with Crippen LogP contribution in [0.1, 0.15) is 35.1 Å². The lowest BCUT2D eigenvalue weighted by Crippen LogP contribution is -2.33. The van der Waals surface area contributed by atoms with Crippen LogP contribution >= 0.6 is 0 Å². The molecule has 4 nitrogen and oxygen atoms in total. The summed E-state index contributed by atoms with van der Waals surface area (Å²) < 4.78 is 2.27. The van der Waals surface area contributed by atoms with Gasteiger partial charge >= 0.3 is 0 Å². The second kappa shape index (κ2) is 4.17. The largest absolute Gasteiger partial charge is 0.326 e. The minimum atomic E-state index is 0.256. The van der Waals surface area contributed by atoms with Crippen LogP contribution in [0.15, 0.2) is 24.3 Å². The number of aromatic nitrogens is 3. The molecule has 2 aromatic rings. The number of benzene rings is 1. The zero-order valence-electron chi connectivity index (χ0n) is 10.9. The first-order valence-corrected chi connectivity index (χ1v) is 7.05. The van der Waals surface area contributed by atoms with E-state index >= 15 is 0 Å². The Labute approximate surface area is 112 Å². The van der Waals surface area contributed by atoms with Crippen LogP contribution in [-0.4, -0.2) is 20.8 Å². The summed E-state index contributed by atoms with van der Waals surface area (Å²) in [5, 5.41) is 8.81. The van der Waals surface area contributed by atoms with E-state index in [0.29, 0.717) is 5.92 Å². The Balaban J connectivity index is 1.67. The number of nitrogens with zero attached hydrogens (tertiary/aromatic N) is 3. The predicted molar refractivity (Wildman–Crippen MR) is 72.9 cm³/mol. The lowest BCUT2D eigenvalue weighted by atomic mass is 10.0. The van der Waals surface area contributed by atoms with E-state index in [2.05, 4.69) is 39.0 Å². The van der Waals surface area contributed by atoms with E-state index in [1.165, 1.54) is 11.1 Å². The lowest BCUT2D eigenvalue weighted by Gasteiger charge is -2.22. The zero-order chi connectivity index (χ0) is 12.8. The van der Waals surface area contributed by atoms with Gasteiger partial charge in [0.1, 0.15) is 11.6 Å². The topological polar surface area (TPSA) is 56.7 Å². The molecular formula is C15H18N4. The number of aryl methyl sites for hydroxylation is 1. The average molecular weight is 254 g/mol. The van der Waals surface area contributed by atoms with E-state index in [0.717, 1.165) is 43.9 Å². The smallest absolute Gasteiger partial charge is 0.136 e.